The smallest absolute Gasteiger partial charge is 0.262 e. The van der Waals surface area contributed by atoms with Gasteiger partial charge in [-0.1, -0.05) is 18.2 Å². The van der Waals surface area contributed by atoms with Crippen molar-refractivity contribution < 1.29 is 19.1 Å². The van der Waals surface area contributed by atoms with Crippen molar-refractivity contribution in [3.05, 3.63) is 64.7 Å². The highest BCUT2D eigenvalue weighted by atomic mass is 16.5. The minimum Gasteiger partial charge on any atom is -0.492 e. The van der Waals surface area contributed by atoms with E-state index in [0.29, 0.717) is 24.3 Å². The second-order valence-corrected chi connectivity index (χ2v) is 7.13. The molecule has 1 aliphatic carbocycles. The van der Waals surface area contributed by atoms with Gasteiger partial charge in [-0.15, -0.1) is 0 Å². The Bertz CT molecular complexity index is 918. The number of fused-ring (bicyclic) bond motifs is 2. The van der Waals surface area contributed by atoms with Crippen molar-refractivity contribution in [2.75, 3.05) is 13.2 Å². The van der Waals surface area contributed by atoms with Crippen molar-refractivity contribution in [1.82, 2.24) is 10.2 Å². The molecule has 0 aromatic heterocycles. The van der Waals surface area contributed by atoms with Gasteiger partial charge >= 0.3 is 0 Å². The van der Waals surface area contributed by atoms with Crippen molar-refractivity contribution in [3.8, 4) is 5.75 Å². The molecule has 1 N–H and O–H groups in total. The molecule has 144 valence electrons. The Morgan fingerprint density at radius 3 is 2.46 bits per heavy atom. The molecule has 0 fully saturated rings. The normalized spacial score (nSPS) is 16.0. The number of benzene rings is 2. The monoisotopic (exact) mass is 378 g/mol. The molecule has 0 spiro atoms. The van der Waals surface area contributed by atoms with Crippen molar-refractivity contribution in [2.24, 2.45) is 0 Å². The molecule has 0 saturated heterocycles. The molecule has 0 bridgehead atoms. The Morgan fingerprint density at radius 2 is 1.75 bits per heavy atom. The summed E-state index contributed by atoms with van der Waals surface area (Å²) in [6.45, 7) is 2.17. The van der Waals surface area contributed by atoms with Gasteiger partial charge in [-0.05, 0) is 61.6 Å². The van der Waals surface area contributed by atoms with Crippen LogP contribution in [0.2, 0.25) is 0 Å². The molecule has 3 amide bonds. The first kappa shape index (κ1) is 18.2. The second kappa shape index (κ2) is 7.46. The van der Waals surface area contributed by atoms with E-state index in [-0.39, 0.29) is 5.91 Å². The van der Waals surface area contributed by atoms with Crippen LogP contribution in [-0.2, 0) is 17.6 Å². The fourth-order valence-corrected chi connectivity index (χ4v) is 3.81. The van der Waals surface area contributed by atoms with Crippen LogP contribution in [0.4, 0.5) is 0 Å². The highest BCUT2D eigenvalue weighted by Gasteiger charge is 2.40. The SMILES string of the molecule is CC(C(=O)NCCOc1ccc2c(c1)CCC2)N1C(=O)c2ccccc2C1=O. The molecule has 0 radical (unpaired) electrons. The van der Waals surface area contributed by atoms with Crippen LogP contribution in [-0.4, -0.2) is 41.8 Å². The fraction of sp³-hybridized carbons (Fsp3) is 0.318. The first-order chi connectivity index (χ1) is 13.6. The van der Waals surface area contributed by atoms with E-state index in [2.05, 4.69) is 17.4 Å². The quantitative estimate of drug-likeness (QED) is 0.618. The van der Waals surface area contributed by atoms with Crippen LogP contribution >= 0.6 is 0 Å². The lowest BCUT2D eigenvalue weighted by Crippen LogP contribution is -2.48. The molecule has 2 aromatic rings. The molecule has 28 heavy (non-hydrogen) atoms. The predicted octanol–water partition coefficient (Wildman–Crippen LogP) is 2.36. The van der Waals surface area contributed by atoms with Gasteiger partial charge < -0.3 is 10.1 Å². The number of hydrogen-bond donors (Lipinski definition) is 1. The Hall–Kier alpha value is -3.15. The number of rotatable bonds is 6. The third kappa shape index (κ3) is 3.26. The van der Waals surface area contributed by atoms with E-state index >= 15 is 0 Å². The van der Waals surface area contributed by atoms with Crippen LogP contribution in [0.1, 0.15) is 45.2 Å². The van der Waals surface area contributed by atoms with Crippen LogP contribution in [0.3, 0.4) is 0 Å². The van der Waals surface area contributed by atoms with E-state index < -0.39 is 17.9 Å². The summed E-state index contributed by atoms with van der Waals surface area (Å²) in [5, 5.41) is 2.74. The average Bonchev–Trinajstić information content (AvgIpc) is 3.27. The minimum absolute atomic E-state index is 0.295. The lowest BCUT2D eigenvalue weighted by Gasteiger charge is -2.21. The van der Waals surface area contributed by atoms with Crippen LogP contribution in [0, 0.1) is 0 Å². The van der Waals surface area contributed by atoms with Gasteiger partial charge in [0.25, 0.3) is 11.8 Å². The van der Waals surface area contributed by atoms with Crippen molar-refractivity contribution in [2.45, 2.75) is 32.2 Å². The summed E-state index contributed by atoms with van der Waals surface area (Å²) in [7, 11) is 0. The molecule has 2 aromatic carbocycles. The molecular formula is C22H22N2O4. The van der Waals surface area contributed by atoms with Gasteiger partial charge in [-0.25, -0.2) is 0 Å². The molecule has 2 aliphatic rings. The maximum absolute atomic E-state index is 12.5. The van der Waals surface area contributed by atoms with E-state index in [1.165, 1.54) is 17.5 Å². The molecule has 6 nitrogen and oxygen atoms in total. The molecule has 0 saturated carbocycles. The average molecular weight is 378 g/mol. The van der Waals surface area contributed by atoms with Crippen LogP contribution in [0.5, 0.6) is 5.75 Å². The summed E-state index contributed by atoms with van der Waals surface area (Å²) in [4.78, 5) is 38.4. The number of carbonyl (C=O) groups excluding carboxylic acids is 3. The van der Waals surface area contributed by atoms with Crippen LogP contribution < -0.4 is 10.1 Å². The van der Waals surface area contributed by atoms with Gasteiger partial charge in [-0.2, -0.15) is 0 Å². The summed E-state index contributed by atoms with van der Waals surface area (Å²) < 4.78 is 5.72. The van der Waals surface area contributed by atoms with Crippen LogP contribution in [0.15, 0.2) is 42.5 Å². The largest absolute Gasteiger partial charge is 0.492 e. The molecule has 6 heteroatoms. The van der Waals surface area contributed by atoms with Gasteiger partial charge in [0, 0.05) is 0 Å². The van der Waals surface area contributed by atoms with E-state index in [9.17, 15) is 14.4 Å². The second-order valence-electron chi connectivity index (χ2n) is 7.13. The van der Waals surface area contributed by atoms with E-state index in [1.807, 2.05) is 6.07 Å². The minimum atomic E-state index is -0.882. The summed E-state index contributed by atoms with van der Waals surface area (Å²) in [5.41, 5.74) is 3.40. The molecule has 1 aliphatic heterocycles. The molecule has 1 unspecified atom stereocenters. The topological polar surface area (TPSA) is 75.7 Å². The number of hydrogen-bond acceptors (Lipinski definition) is 4. The van der Waals surface area contributed by atoms with Crippen molar-refractivity contribution in [3.63, 3.8) is 0 Å². The predicted molar refractivity (Wildman–Crippen MR) is 103 cm³/mol. The number of ether oxygens (including phenoxy) is 1. The van der Waals surface area contributed by atoms with Gasteiger partial charge in [0.05, 0.1) is 17.7 Å². The zero-order valence-corrected chi connectivity index (χ0v) is 15.7. The lowest BCUT2D eigenvalue weighted by molar-refractivity contribution is -0.124. The summed E-state index contributed by atoms with van der Waals surface area (Å²) >= 11 is 0. The Labute approximate surface area is 163 Å². The zero-order valence-electron chi connectivity index (χ0n) is 15.7. The lowest BCUT2D eigenvalue weighted by atomic mass is 10.1. The first-order valence-electron chi connectivity index (χ1n) is 9.55. The Balaban J connectivity index is 1.29. The van der Waals surface area contributed by atoms with Gasteiger partial charge in [0.2, 0.25) is 5.91 Å². The summed E-state index contributed by atoms with van der Waals surface area (Å²) in [5.74, 6) is -0.453. The van der Waals surface area contributed by atoms with Crippen LogP contribution in [0.25, 0.3) is 0 Å². The number of carbonyl (C=O) groups is 3. The van der Waals surface area contributed by atoms with E-state index in [4.69, 9.17) is 4.74 Å². The number of nitrogens with one attached hydrogen (secondary N) is 1. The number of aryl methyl sites for hydroxylation is 2. The molecular weight excluding hydrogens is 356 g/mol. The van der Waals surface area contributed by atoms with Gasteiger partial charge in [0.1, 0.15) is 18.4 Å². The summed E-state index contributed by atoms with van der Waals surface area (Å²) in [6, 6.07) is 11.8. The summed E-state index contributed by atoms with van der Waals surface area (Å²) in [6.07, 6.45) is 3.40. The number of amides is 3. The first-order valence-corrected chi connectivity index (χ1v) is 9.55. The van der Waals surface area contributed by atoms with E-state index in [1.54, 1.807) is 31.2 Å². The van der Waals surface area contributed by atoms with E-state index in [0.717, 1.165) is 23.5 Å². The van der Waals surface area contributed by atoms with Gasteiger partial charge in [-0.3, -0.25) is 19.3 Å². The molecule has 1 heterocycles. The third-order valence-corrected chi connectivity index (χ3v) is 5.33. The van der Waals surface area contributed by atoms with Crippen molar-refractivity contribution >= 4 is 17.7 Å². The highest BCUT2D eigenvalue weighted by Crippen LogP contribution is 2.26. The van der Waals surface area contributed by atoms with Gasteiger partial charge in [0.15, 0.2) is 0 Å². The highest BCUT2D eigenvalue weighted by molar-refractivity contribution is 6.22. The maximum atomic E-state index is 12.5. The fourth-order valence-electron chi connectivity index (χ4n) is 3.81. The third-order valence-electron chi connectivity index (χ3n) is 5.33. The molecule has 1 atom stereocenters. The standard InChI is InChI=1S/C22H22N2O4/c1-14(24-21(26)18-7-2-3-8-19(18)22(24)27)20(25)23-11-12-28-17-10-9-15-5-4-6-16(15)13-17/h2-3,7-10,13-14H,4-6,11-12H2,1H3,(H,23,25). The van der Waals surface area contributed by atoms with Crippen molar-refractivity contribution in [1.29, 1.82) is 0 Å². The Morgan fingerprint density at radius 1 is 1.07 bits per heavy atom. The number of imide groups is 1. The molecule has 4 rings (SSSR count). The number of nitrogens with zero attached hydrogens (tertiary/aromatic N) is 1. The Kier molecular flexibility index (Phi) is 4.86. The maximum Gasteiger partial charge on any atom is 0.262 e. The zero-order chi connectivity index (χ0) is 19.7.